The van der Waals surface area contributed by atoms with Gasteiger partial charge in [0.2, 0.25) is 0 Å². The zero-order valence-electron chi connectivity index (χ0n) is 13.8. The molecule has 0 aliphatic rings. The van der Waals surface area contributed by atoms with E-state index in [1.165, 1.54) is 18.2 Å². The van der Waals surface area contributed by atoms with Gasteiger partial charge in [0.25, 0.3) is 5.69 Å². The number of non-ortho nitro benzene ring substituents is 1. The summed E-state index contributed by atoms with van der Waals surface area (Å²) in [6.07, 6.45) is 0. The number of pyridine rings is 1. The van der Waals surface area contributed by atoms with Crippen molar-refractivity contribution in [3.05, 3.63) is 74.2 Å². The van der Waals surface area contributed by atoms with Crippen LogP contribution in [-0.4, -0.2) is 19.9 Å². The van der Waals surface area contributed by atoms with Gasteiger partial charge < -0.3 is 15.3 Å². The van der Waals surface area contributed by atoms with Crippen LogP contribution in [0.4, 0.5) is 11.5 Å². The molecule has 9 heteroatoms. The van der Waals surface area contributed by atoms with Crippen molar-refractivity contribution in [3.63, 3.8) is 0 Å². The number of nitrogens with zero attached hydrogens (tertiary/aromatic N) is 3. The van der Waals surface area contributed by atoms with Gasteiger partial charge in [-0.05, 0) is 29.8 Å². The van der Waals surface area contributed by atoms with Gasteiger partial charge >= 0.3 is 5.69 Å². The Morgan fingerprint density at radius 1 is 1.15 bits per heavy atom. The van der Waals surface area contributed by atoms with Gasteiger partial charge in [0.1, 0.15) is 5.82 Å². The Morgan fingerprint density at radius 2 is 1.96 bits per heavy atom. The number of hydrogen-bond acceptors (Lipinski definition) is 6. The van der Waals surface area contributed by atoms with Gasteiger partial charge in [0, 0.05) is 24.1 Å². The Labute approximate surface area is 151 Å². The van der Waals surface area contributed by atoms with Crippen LogP contribution in [0.15, 0.2) is 47.3 Å². The number of fused-ring (bicyclic) bond motifs is 2. The maximum absolute atomic E-state index is 11.3. The van der Waals surface area contributed by atoms with Gasteiger partial charge in [-0.3, -0.25) is 10.1 Å². The molecule has 4 aromatic rings. The van der Waals surface area contributed by atoms with Gasteiger partial charge in [-0.1, -0.05) is 6.07 Å². The summed E-state index contributed by atoms with van der Waals surface area (Å²) in [6.45, 7) is 0.430. The molecular formula is C18H12N6O3. The van der Waals surface area contributed by atoms with Crippen molar-refractivity contribution in [2.75, 3.05) is 5.32 Å². The fourth-order valence-electron chi connectivity index (χ4n) is 2.89. The maximum atomic E-state index is 11.3. The van der Waals surface area contributed by atoms with E-state index in [2.05, 4.69) is 26.3 Å². The van der Waals surface area contributed by atoms with E-state index >= 15 is 0 Å². The van der Waals surface area contributed by atoms with Crippen LogP contribution in [0.5, 0.6) is 0 Å². The molecule has 3 N–H and O–H groups in total. The molecule has 132 valence electrons. The van der Waals surface area contributed by atoms with Crippen LogP contribution in [0.25, 0.3) is 21.9 Å². The highest BCUT2D eigenvalue weighted by molar-refractivity contribution is 5.88. The molecule has 0 aliphatic carbocycles. The molecule has 0 bridgehead atoms. The van der Waals surface area contributed by atoms with E-state index < -0.39 is 4.92 Å². The molecule has 0 spiro atoms. The molecule has 0 radical (unpaired) electrons. The monoisotopic (exact) mass is 360 g/mol. The Bertz CT molecular complexity index is 1300. The van der Waals surface area contributed by atoms with Crippen molar-refractivity contribution in [1.82, 2.24) is 15.0 Å². The van der Waals surface area contributed by atoms with Gasteiger partial charge in [-0.2, -0.15) is 5.26 Å². The molecular weight excluding hydrogens is 348 g/mol. The van der Waals surface area contributed by atoms with Crippen LogP contribution >= 0.6 is 0 Å². The van der Waals surface area contributed by atoms with E-state index in [0.717, 1.165) is 11.1 Å². The average molecular weight is 360 g/mol. The van der Waals surface area contributed by atoms with E-state index in [1.54, 1.807) is 12.1 Å². The minimum absolute atomic E-state index is 0.0877. The van der Waals surface area contributed by atoms with Crippen molar-refractivity contribution >= 4 is 33.4 Å². The molecule has 0 amide bonds. The molecule has 4 rings (SSSR count). The minimum atomic E-state index is -0.506. The third-order valence-corrected chi connectivity index (χ3v) is 4.18. The lowest BCUT2D eigenvalue weighted by Crippen LogP contribution is -2.02. The number of aromatic amines is 2. The summed E-state index contributed by atoms with van der Waals surface area (Å²) < 4.78 is 0. The summed E-state index contributed by atoms with van der Waals surface area (Å²) in [7, 11) is 0. The van der Waals surface area contributed by atoms with Crippen LogP contribution in [0, 0.1) is 21.4 Å². The molecule has 0 saturated carbocycles. The second kappa shape index (κ2) is 6.27. The fourth-order valence-corrected chi connectivity index (χ4v) is 2.89. The highest BCUT2D eigenvalue weighted by atomic mass is 16.6. The first kappa shape index (κ1) is 16.3. The fraction of sp³-hybridized carbons (Fsp3) is 0.0556. The lowest BCUT2D eigenvalue weighted by molar-refractivity contribution is -0.384. The Hall–Kier alpha value is -4.19. The number of H-pyrrole nitrogens is 2. The summed E-state index contributed by atoms with van der Waals surface area (Å²) in [5.41, 5.74) is 2.79. The third-order valence-electron chi connectivity index (χ3n) is 4.18. The number of nitrogens with one attached hydrogen (secondary N) is 3. The molecule has 2 aromatic heterocycles. The first-order valence-electron chi connectivity index (χ1n) is 7.97. The summed E-state index contributed by atoms with van der Waals surface area (Å²) >= 11 is 0. The average Bonchev–Trinajstić information content (AvgIpc) is 3.04. The SMILES string of the molecule is N#Cc1cc(NCc2ccc3[nH]c(=O)[nH]c3c2)nc2ccc([N+](=O)[O-])cc12. The normalized spacial score (nSPS) is 10.8. The van der Waals surface area contributed by atoms with Crippen LogP contribution in [0.1, 0.15) is 11.1 Å². The van der Waals surface area contributed by atoms with E-state index in [0.29, 0.717) is 34.3 Å². The highest BCUT2D eigenvalue weighted by Gasteiger charge is 2.11. The second-order valence-corrected chi connectivity index (χ2v) is 5.94. The smallest absolute Gasteiger partial charge is 0.323 e. The molecule has 0 aliphatic heterocycles. The van der Waals surface area contributed by atoms with Gasteiger partial charge in [-0.25, -0.2) is 9.78 Å². The molecule has 2 aromatic carbocycles. The number of nitro groups is 1. The highest BCUT2D eigenvalue weighted by Crippen LogP contribution is 2.25. The quantitative estimate of drug-likeness (QED) is 0.377. The topological polar surface area (TPSA) is 140 Å². The standard InChI is InChI=1S/C18H12N6O3/c19-8-11-6-17(21-14-4-2-12(24(26)27)7-13(11)14)20-9-10-1-3-15-16(5-10)23-18(25)22-15/h1-7H,9H2,(H,20,21)(H2,22,23,25). The number of aromatic nitrogens is 3. The predicted octanol–water partition coefficient (Wildman–Crippen LogP) is 2.80. The molecule has 0 fully saturated rings. The lowest BCUT2D eigenvalue weighted by atomic mass is 10.1. The van der Waals surface area contributed by atoms with Crippen molar-refractivity contribution < 1.29 is 4.92 Å². The number of nitriles is 1. The summed E-state index contributed by atoms with van der Waals surface area (Å²) in [6, 6.07) is 13.4. The summed E-state index contributed by atoms with van der Waals surface area (Å²) in [4.78, 5) is 31.6. The van der Waals surface area contributed by atoms with Crippen LogP contribution in [-0.2, 0) is 6.54 Å². The van der Waals surface area contributed by atoms with Crippen molar-refractivity contribution in [3.8, 4) is 6.07 Å². The maximum Gasteiger partial charge on any atom is 0.323 e. The number of anilines is 1. The van der Waals surface area contributed by atoms with Gasteiger partial charge in [0.15, 0.2) is 0 Å². The van der Waals surface area contributed by atoms with Crippen LogP contribution < -0.4 is 11.0 Å². The molecule has 0 unspecified atom stereocenters. The summed E-state index contributed by atoms with van der Waals surface area (Å²) in [5, 5.41) is 23.9. The second-order valence-electron chi connectivity index (χ2n) is 5.94. The third kappa shape index (κ3) is 3.07. The zero-order valence-corrected chi connectivity index (χ0v) is 13.8. The molecule has 2 heterocycles. The zero-order chi connectivity index (χ0) is 19.0. The van der Waals surface area contributed by atoms with Gasteiger partial charge in [0.05, 0.1) is 33.1 Å². The predicted molar refractivity (Wildman–Crippen MR) is 99.4 cm³/mol. The van der Waals surface area contributed by atoms with E-state index in [9.17, 15) is 20.2 Å². The van der Waals surface area contributed by atoms with E-state index in [4.69, 9.17) is 0 Å². The van der Waals surface area contributed by atoms with Crippen LogP contribution in [0.2, 0.25) is 0 Å². The Balaban J connectivity index is 1.64. The Morgan fingerprint density at radius 3 is 2.74 bits per heavy atom. The summed E-state index contributed by atoms with van der Waals surface area (Å²) in [5.74, 6) is 0.482. The van der Waals surface area contributed by atoms with Crippen molar-refractivity contribution in [2.45, 2.75) is 6.54 Å². The van der Waals surface area contributed by atoms with Crippen molar-refractivity contribution in [1.29, 1.82) is 5.26 Å². The van der Waals surface area contributed by atoms with Crippen molar-refractivity contribution in [2.24, 2.45) is 0 Å². The number of hydrogen-bond donors (Lipinski definition) is 3. The van der Waals surface area contributed by atoms with E-state index in [1.807, 2.05) is 12.1 Å². The molecule has 0 atom stereocenters. The lowest BCUT2D eigenvalue weighted by Gasteiger charge is -2.08. The molecule has 27 heavy (non-hydrogen) atoms. The largest absolute Gasteiger partial charge is 0.366 e. The van der Waals surface area contributed by atoms with Crippen LogP contribution in [0.3, 0.4) is 0 Å². The number of benzene rings is 2. The van der Waals surface area contributed by atoms with E-state index in [-0.39, 0.29) is 11.4 Å². The molecule has 9 nitrogen and oxygen atoms in total. The van der Waals surface area contributed by atoms with Gasteiger partial charge in [-0.15, -0.1) is 0 Å². The number of rotatable bonds is 4. The number of nitro benzene ring substituents is 1. The first-order valence-corrected chi connectivity index (χ1v) is 7.97. The Kier molecular flexibility index (Phi) is 3.78. The molecule has 0 saturated heterocycles. The first-order chi connectivity index (χ1) is 13.0. The number of imidazole rings is 1. The minimum Gasteiger partial charge on any atom is -0.366 e.